The summed E-state index contributed by atoms with van der Waals surface area (Å²) in [4.78, 5) is 23.8. The second-order valence-corrected chi connectivity index (χ2v) is 10.6. The van der Waals surface area contributed by atoms with Crippen molar-refractivity contribution in [2.45, 2.75) is 89.9 Å². The minimum absolute atomic E-state index is 0.0122. The minimum atomic E-state index is -0.431. The smallest absolute Gasteiger partial charge is 0.269 e. The van der Waals surface area contributed by atoms with E-state index in [4.69, 9.17) is 0 Å². The van der Waals surface area contributed by atoms with Crippen LogP contribution >= 0.6 is 0 Å². The van der Waals surface area contributed by atoms with Crippen molar-refractivity contribution >= 4 is 11.5 Å². The standard InChI is InChI=1S/C30H39NO3/c1-2-3-4-7-22-10-12-23(13-11-22)24-14-16-25(17-15-24)28-8-5-6-9-29(28)30(32)26-18-20-27(21-19-26)31(33)34/h5-6,8-9,18-25H,2-4,7,10-17H2,1H3. The highest BCUT2D eigenvalue weighted by molar-refractivity contribution is 6.10. The van der Waals surface area contributed by atoms with Gasteiger partial charge in [-0.05, 0) is 79.9 Å². The van der Waals surface area contributed by atoms with Gasteiger partial charge in [0.1, 0.15) is 0 Å². The van der Waals surface area contributed by atoms with Gasteiger partial charge in [-0.1, -0.05) is 69.7 Å². The molecule has 0 atom stereocenters. The van der Waals surface area contributed by atoms with E-state index in [1.165, 1.54) is 76.3 Å². The molecule has 0 aromatic heterocycles. The monoisotopic (exact) mass is 461 g/mol. The number of nitrogens with zero attached hydrogens (tertiary/aromatic N) is 1. The van der Waals surface area contributed by atoms with E-state index in [0.29, 0.717) is 11.5 Å². The van der Waals surface area contributed by atoms with Crippen LogP contribution in [-0.4, -0.2) is 10.7 Å². The van der Waals surface area contributed by atoms with Gasteiger partial charge in [0.15, 0.2) is 5.78 Å². The van der Waals surface area contributed by atoms with Crippen molar-refractivity contribution in [1.29, 1.82) is 0 Å². The SMILES string of the molecule is CCCCCC1CCC(C2CCC(c3ccccc3C(=O)c3ccc([N+](=O)[O-])cc3)CC2)CC1. The Balaban J connectivity index is 1.34. The molecule has 0 unspecified atom stereocenters. The first-order valence-electron chi connectivity index (χ1n) is 13.4. The number of unbranched alkanes of at least 4 members (excludes halogenated alkanes) is 2. The van der Waals surface area contributed by atoms with Gasteiger partial charge in [0, 0.05) is 23.3 Å². The lowest BCUT2D eigenvalue weighted by molar-refractivity contribution is -0.384. The summed E-state index contributed by atoms with van der Waals surface area (Å²) in [6, 6.07) is 14.0. The minimum Gasteiger partial charge on any atom is -0.289 e. The molecule has 2 aliphatic rings. The molecule has 0 spiro atoms. The predicted molar refractivity (Wildman–Crippen MR) is 137 cm³/mol. The fourth-order valence-electron chi connectivity index (χ4n) is 6.48. The number of carbonyl (C=O) groups excluding carboxylic acids is 1. The lowest BCUT2D eigenvalue weighted by atomic mass is 9.67. The number of benzene rings is 2. The van der Waals surface area contributed by atoms with Crippen LogP contribution in [0.2, 0.25) is 0 Å². The molecule has 0 heterocycles. The first-order valence-corrected chi connectivity index (χ1v) is 13.4. The molecule has 0 aliphatic heterocycles. The summed E-state index contributed by atoms with van der Waals surface area (Å²) in [7, 11) is 0. The average molecular weight is 462 g/mol. The van der Waals surface area contributed by atoms with Crippen molar-refractivity contribution < 1.29 is 9.72 Å². The summed E-state index contributed by atoms with van der Waals surface area (Å²) >= 11 is 0. The lowest BCUT2D eigenvalue weighted by Gasteiger charge is -2.38. The molecule has 4 nitrogen and oxygen atoms in total. The van der Waals surface area contributed by atoms with Gasteiger partial charge >= 0.3 is 0 Å². The van der Waals surface area contributed by atoms with E-state index >= 15 is 0 Å². The molecule has 2 fully saturated rings. The summed E-state index contributed by atoms with van der Waals surface area (Å²) < 4.78 is 0. The van der Waals surface area contributed by atoms with Crippen molar-refractivity contribution in [1.82, 2.24) is 0 Å². The van der Waals surface area contributed by atoms with Crippen molar-refractivity contribution in [2.24, 2.45) is 17.8 Å². The van der Waals surface area contributed by atoms with Crippen molar-refractivity contribution in [3.8, 4) is 0 Å². The molecule has 2 aromatic carbocycles. The van der Waals surface area contributed by atoms with Crippen LogP contribution in [0.3, 0.4) is 0 Å². The second kappa shape index (κ2) is 11.8. The van der Waals surface area contributed by atoms with Crippen LogP contribution in [0.5, 0.6) is 0 Å². The molecular weight excluding hydrogens is 422 g/mol. The zero-order valence-corrected chi connectivity index (χ0v) is 20.6. The number of nitro benzene ring substituents is 1. The van der Waals surface area contributed by atoms with Gasteiger partial charge < -0.3 is 0 Å². The Hall–Kier alpha value is -2.49. The van der Waals surface area contributed by atoms with E-state index in [0.717, 1.165) is 41.7 Å². The Labute approximate surface area is 204 Å². The summed E-state index contributed by atoms with van der Waals surface area (Å²) in [5.41, 5.74) is 2.44. The fraction of sp³-hybridized carbons (Fsp3) is 0.567. The second-order valence-electron chi connectivity index (χ2n) is 10.6. The molecule has 182 valence electrons. The Morgan fingerprint density at radius 2 is 1.47 bits per heavy atom. The largest absolute Gasteiger partial charge is 0.289 e. The van der Waals surface area contributed by atoms with Gasteiger partial charge in [-0.25, -0.2) is 0 Å². The van der Waals surface area contributed by atoms with Crippen LogP contribution < -0.4 is 0 Å². The summed E-state index contributed by atoms with van der Waals surface area (Å²) in [6.45, 7) is 2.29. The maximum atomic E-state index is 13.3. The van der Waals surface area contributed by atoms with E-state index in [9.17, 15) is 14.9 Å². The van der Waals surface area contributed by atoms with Gasteiger partial charge in [-0.2, -0.15) is 0 Å². The molecule has 34 heavy (non-hydrogen) atoms. The third-order valence-corrected chi connectivity index (χ3v) is 8.53. The maximum Gasteiger partial charge on any atom is 0.269 e. The topological polar surface area (TPSA) is 60.2 Å². The molecule has 0 radical (unpaired) electrons. The van der Waals surface area contributed by atoms with Gasteiger partial charge in [-0.15, -0.1) is 0 Å². The number of nitro groups is 1. The quantitative estimate of drug-likeness (QED) is 0.163. The fourth-order valence-corrected chi connectivity index (χ4v) is 6.48. The molecule has 0 bridgehead atoms. The van der Waals surface area contributed by atoms with E-state index in [1.807, 2.05) is 18.2 Å². The highest BCUT2D eigenvalue weighted by Gasteiger charge is 2.32. The normalized spacial score (nSPS) is 25.1. The average Bonchev–Trinajstić information content (AvgIpc) is 2.89. The molecule has 0 saturated heterocycles. The first kappa shape index (κ1) is 24.6. The predicted octanol–water partition coefficient (Wildman–Crippen LogP) is 8.49. The van der Waals surface area contributed by atoms with E-state index in [2.05, 4.69) is 13.0 Å². The molecule has 2 aliphatic carbocycles. The van der Waals surface area contributed by atoms with Crippen LogP contribution in [-0.2, 0) is 0 Å². The molecule has 4 rings (SSSR count). The van der Waals surface area contributed by atoms with Crippen molar-refractivity contribution in [2.75, 3.05) is 0 Å². The van der Waals surface area contributed by atoms with E-state index in [1.54, 1.807) is 12.1 Å². The Morgan fingerprint density at radius 3 is 2.09 bits per heavy atom. The number of carbonyl (C=O) groups is 1. The van der Waals surface area contributed by atoms with Gasteiger partial charge in [0.25, 0.3) is 5.69 Å². The van der Waals surface area contributed by atoms with E-state index < -0.39 is 4.92 Å². The van der Waals surface area contributed by atoms with Crippen LogP contribution in [0.25, 0.3) is 0 Å². The molecular formula is C30H39NO3. The Morgan fingerprint density at radius 1 is 0.853 bits per heavy atom. The third-order valence-electron chi connectivity index (χ3n) is 8.53. The number of rotatable bonds is 9. The van der Waals surface area contributed by atoms with Crippen LogP contribution in [0, 0.1) is 27.9 Å². The van der Waals surface area contributed by atoms with Gasteiger partial charge in [-0.3, -0.25) is 14.9 Å². The number of hydrogen-bond donors (Lipinski definition) is 0. The van der Waals surface area contributed by atoms with Crippen LogP contribution in [0.4, 0.5) is 5.69 Å². The highest BCUT2D eigenvalue weighted by atomic mass is 16.6. The zero-order chi connectivity index (χ0) is 23.9. The Kier molecular flexibility index (Phi) is 8.53. The highest BCUT2D eigenvalue weighted by Crippen LogP contribution is 2.45. The summed E-state index contributed by atoms with van der Waals surface area (Å²) in [5.74, 6) is 3.12. The van der Waals surface area contributed by atoms with Gasteiger partial charge in [0.05, 0.1) is 4.92 Å². The summed E-state index contributed by atoms with van der Waals surface area (Å²) in [6.07, 6.45) is 16.1. The summed E-state index contributed by atoms with van der Waals surface area (Å²) in [5, 5.41) is 10.9. The number of non-ortho nitro benzene ring substituents is 1. The van der Waals surface area contributed by atoms with Crippen molar-refractivity contribution in [3.63, 3.8) is 0 Å². The first-order chi connectivity index (χ1) is 16.6. The molecule has 4 heteroatoms. The van der Waals surface area contributed by atoms with Crippen LogP contribution in [0.1, 0.15) is 111 Å². The zero-order valence-electron chi connectivity index (χ0n) is 20.6. The molecule has 2 saturated carbocycles. The maximum absolute atomic E-state index is 13.3. The van der Waals surface area contributed by atoms with Crippen molar-refractivity contribution in [3.05, 3.63) is 75.3 Å². The van der Waals surface area contributed by atoms with Crippen LogP contribution in [0.15, 0.2) is 48.5 Å². The molecule has 0 N–H and O–H groups in total. The Bertz CT molecular complexity index is 951. The lowest BCUT2D eigenvalue weighted by Crippen LogP contribution is -2.26. The molecule has 2 aromatic rings. The third kappa shape index (κ3) is 5.95. The van der Waals surface area contributed by atoms with E-state index in [-0.39, 0.29) is 11.5 Å². The molecule has 0 amide bonds. The number of hydrogen-bond acceptors (Lipinski definition) is 3. The van der Waals surface area contributed by atoms with Gasteiger partial charge in [0.2, 0.25) is 0 Å². The number of ketones is 1.